The van der Waals surface area contributed by atoms with Crippen LogP contribution in [0.3, 0.4) is 0 Å². The third-order valence-electron chi connectivity index (χ3n) is 4.73. The van der Waals surface area contributed by atoms with Gasteiger partial charge < -0.3 is 10.2 Å². The smallest absolute Gasteiger partial charge is 0.239 e. The molecule has 4 rings (SSSR count). The Hall–Kier alpha value is -2.71. The van der Waals surface area contributed by atoms with Gasteiger partial charge in [0.25, 0.3) is 0 Å². The summed E-state index contributed by atoms with van der Waals surface area (Å²) in [6.45, 7) is 4.79. The first-order valence-electron chi connectivity index (χ1n) is 9.56. The Morgan fingerprint density at radius 1 is 1.20 bits per heavy atom. The second-order valence-corrected chi connectivity index (χ2v) is 9.14. The minimum absolute atomic E-state index is 0.0447. The fraction of sp³-hybridized carbons (Fsp3) is 0.227. The van der Waals surface area contributed by atoms with E-state index < -0.39 is 0 Å². The molecule has 0 fully saturated rings. The zero-order valence-electron chi connectivity index (χ0n) is 17.0. The van der Waals surface area contributed by atoms with Crippen molar-refractivity contribution in [3.05, 3.63) is 69.8 Å². The van der Waals surface area contributed by atoms with Crippen LogP contribution in [0.5, 0.6) is 0 Å². The molecule has 0 saturated heterocycles. The van der Waals surface area contributed by atoms with E-state index in [1.54, 1.807) is 11.3 Å². The van der Waals surface area contributed by atoms with Gasteiger partial charge in [-0.3, -0.25) is 4.79 Å². The molecule has 30 heavy (non-hydrogen) atoms. The topological polar surface area (TPSA) is 63.1 Å². The number of carbonyl (C=O) groups excluding carboxylic acids is 1. The summed E-state index contributed by atoms with van der Waals surface area (Å²) in [6, 6.07) is 16.1. The van der Waals surface area contributed by atoms with Gasteiger partial charge in [0.15, 0.2) is 10.8 Å². The van der Waals surface area contributed by atoms with E-state index in [0.29, 0.717) is 6.54 Å². The fourth-order valence-corrected chi connectivity index (χ4v) is 4.38. The lowest BCUT2D eigenvalue weighted by Gasteiger charge is -2.15. The van der Waals surface area contributed by atoms with E-state index in [1.165, 1.54) is 5.56 Å². The van der Waals surface area contributed by atoms with Gasteiger partial charge in [-0.05, 0) is 49.2 Å². The average Bonchev–Trinajstić information content (AvgIpc) is 3.28. The molecular formula is C22H22BrN5OS. The standard InChI is InChI=1S/C22H22BrN5OS/c1-14-5-4-6-18(11-14)28-21-20(15(2)26-28)30-22(25-21)27(3)13-19(29)24-12-16-7-9-17(23)10-8-16/h4-11H,12-13H2,1-3H3,(H,24,29). The monoisotopic (exact) mass is 483 g/mol. The molecule has 0 saturated carbocycles. The van der Waals surface area contributed by atoms with Crippen molar-refractivity contribution in [2.24, 2.45) is 0 Å². The summed E-state index contributed by atoms with van der Waals surface area (Å²) in [5.41, 5.74) is 4.97. The lowest BCUT2D eigenvalue weighted by Crippen LogP contribution is -2.34. The van der Waals surface area contributed by atoms with Crippen LogP contribution in [0.1, 0.15) is 16.8 Å². The predicted octanol–water partition coefficient (Wildman–Crippen LogP) is 4.61. The maximum Gasteiger partial charge on any atom is 0.239 e. The van der Waals surface area contributed by atoms with Crippen LogP contribution < -0.4 is 10.2 Å². The largest absolute Gasteiger partial charge is 0.350 e. The van der Waals surface area contributed by atoms with E-state index in [9.17, 15) is 4.79 Å². The van der Waals surface area contributed by atoms with Crippen LogP contribution in [0.4, 0.5) is 5.13 Å². The summed E-state index contributed by atoms with van der Waals surface area (Å²) in [5, 5.41) is 8.42. The molecule has 0 spiro atoms. The van der Waals surface area contributed by atoms with Gasteiger partial charge in [0, 0.05) is 18.1 Å². The minimum Gasteiger partial charge on any atom is -0.350 e. The van der Waals surface area contributed by atoms with Gasteiger partial charge in [-0.25, -0.2) is 4.68 Å². The highest BCUT2D eigenvalue weighted by Gasteiger charge is 2.18. The van der Waals surface area contributed by atoms with Crippen molar-refractivity contribution in [3.8, 4) is 5.69 Å². The van der Waals surface area contributed by atoms with Crippen LogP contribution in [0.2, 0.25) is 0 Å². The van der Waals surface area contributed by atoms with Gasteiger partial charge in [-0.2, -0.15) is 10.1 Å². The third-order valence-corrected chi connectivity index (χ3v) is 6.53. The number of anilines is 1. The summed E-state index contributed by atoms with van der Waals surface area (Å²) in [4.78, 5) is 19.1. The number of hydrogen-bond donors (Lipinski definition) is 1. The highest BCUT2D eigenvalue weighted by atomic mass is 79.9. The molecule has 4 aromatic rings. The Labute approximate surface area is 187 Å². The zero-order valence-corrected chi connectivity index (χ0v) is 19.4. The van der Waals surface area contributed by atoms with E-state index in [-0.39, 0.29) is 12.5 Å². The van der Waals surface area contributed by atoms with E-state index in [2.05, 4.69) is 45.4 Å². The third kappa shape index (κ3) is 4.39. The molecule has 154 valence electrons. The second kappa shape index (κ2) is 8.57. The molecule has 0 aliphatic carbocycles. The number of aryl methyl sites for hydroxylation is 2. The van der Waals surface area contributed by atoms with Crippen LogP contribution >= 0.6 is 27.3 Å². The number of nitrogens with one attached hydrogen (secondary N) is 1. The molecular weight excluding hydrogens is 462 g/mol. The zero-order chi connectivity index (χ0) is 21.3. The molecule has 2 aromatic heterocycles. The quantitative estimate of drug-likeness (QED) is 0.434. The molecule has 2 aromatic carbocycles. The molecule has 0 bridgehead atoms. The molecule has 2 heterocycles. The van der Waals surface area contributed by atoms with Crippen LogP contribution in [-0.4, -0.2) is 34.3 Å². The number of nitrogens with zero attached hydrogens (tertiary/aromatic N) is 4. The highest BCUT2D eigenvalue weighted by molar-refractivity contribution is 9.10. The Morgan fingerprint density at radius 2 is 1.97 bits per heavy atom. The van der Waals surface area contributed by atoms with Gasteiger partial charge in [0.05, 0.1) is 22.6 Å². The van der Waals surface area contributed by atoms with Crippen molar-refractivity contribution in [2.75, 3.05) is 18.5 Å². The molecule has 0 atom stereocenters. The first kappa shape index (κ1) is 20.6. The Morgan fingerprint density at radius 3 is 2.70 bits per heavy atom. The number of amides is 1. The molecule has 0 aliphatic heterocycles. The van der Waals surface area contributed by atoms with E-state index in [0.717, 1.165) is 36.9 Å². The Kier molecular flexibility index (Phi) is 5.87. The lowest BCUT2D eigenvalue weighted by molar-refractivity contribution is -0.119. The van der Waals surface area contributed by atoms with Crippen LogP contribution in [0.25, 0.3) is 16.0 Å². The van der Waals surface area contributed by atoms with Crippen molar-refractivity contribution in [2.45, 2.75) is 20.4 Å². The van der Waals surface area contributed by atoms with E-state index >= 15 is 0 Å². The molecule has 1 N–H and O–H groups in total. The number of carbonyl (C=O) groups is 1. The maximum absolute atomic E-state index is 12.4. The van der Waals surface area contributed by atoms with Crippen molar-refractivity contribution < 1.29 is 4.79 Å². The molecule has 6 nitrogen and oxygen atoms in total. The first-order valence-corrected chi connectivity index (χ1v) is 11.2. The van der Waals surface area contributed by atoms with Crippen LogP contribution in [-0.2, 0) is 11.3 Å². The van der Waals surface area contributed by atoms with Gasteiger partial charge in [0.2, 0.25) is 5.91 Å². The van der Waals surface area contributed by atoms with Crippen molar-refractivity contribution in [3.63, 3.8) is 0 Å². The number of halogens is 1. The summed E-state index contributed by atoms with van der Waals surface area (Å²) in [5.74, 6) is -0.0447. The molecule has 1 amide bonds. The Balaban J connectivity index is 1.48. The number of rotatable bonds is 6. The summed E-state index contributed by atoms with van der Waals surface area (Å²) >= 11 is 4.97. The molecule has 0 aliphatic rings. The first-order chi connectivity index (χ1) is 14.4. The van der Waals surface area contributed by atoms with Gasteiger partial charge in [-0.15, -0.1) is 0 Å². The number of hydrogen-bond acceptors (Lipinski definition) is 5. The van der Waals surface area contributed by atoms with Crippen molar-refractivity contribution in [1.82, 2.24) is 20.1 Å². The number of fused-ring (bicyclic) bond motifs is 1. The van der Waals surface area contributed by atoms with Gasteiger partial charge in [0.1, 0.15) is 0 Å². The van der Waals surface area contributed by atoms with Crippen LogP contribution in [0.15, 0.2) is 53.0 Å². The predicted molar refractivity (Wildman–Crippen MR) is 125 cm³/mol. The molecule has 0 radical (unpaired) electrons. The van der Waals surface area contributed by atoms with Crippen molar-refractivity contribution >= 4 is 48.7 Å². The van der Waals surface area contributed by atoms with Gasteiger partial charge in [-0.1, -0.05) is 51.5 Å². The van der Waals surface area contributed by atoms with E-state index in [1.807, 2.05) is 60.0 Å². The van der Waals surface area contributed by atoms with Gasteiger partial charge >= 0.3 is 0 Å². The lowest BCUT2D eigenvalue weighted by atomic mass is 10.2. The molecule has 8 heteroatoms. The maximum atomic E-state index is 12.4. The number of thiazole rings is 1. The van der Waals surface area contributed by atoms with Crippen molar-refractivity contribution in [1.29, 1.82) is 0 Å². The summed E-state index contributed by atoms with van der Waals surface area (Å²) < 4.78 is 3.93. The summed E-state index contributed by atoms with van der Waals surface area (Å²) in [7, 11) is 1.89. The number of benzene rings is 2. The van der Waals surface area contributed by atoms with Crippen LogP contribution in [0, 0.1) is 13.8 Å². The fourth-order valence-electron chi connectivity index (χ4n) is 3.17. The highest BCUT2D eigenvalue weighted by Crippen LogP contribution is 2.32. The normalized spacial score (nSPS) is 11.1. The average molecular weight is 484 g/mol. The van der Waals surface area contributed by atoms with E-state index in [4.69, 9.17) is 4.98 Å². The molecule has 0 unspecified atom stereocenters. The second-order valence-electron chi connectivity index (χ2n) is 7.24. The number of aromatic nitrogens is 3. The minimum atomic E-state index is -0.0447. The Bertz CT molecular complexity index is 1200. The number of likely N-dealkylation sites (N-methyl/N-ethyl adjacent to an activating group) is 1. The summed E-state index contributed by atoms with van der Waals surface area (Å²) in [6.07, 6.45) is 0. The SMILES string of the molecule is Cc1cccc(-n2nc(C)c3sc(N(C)CC(=O)NCc4ccc(Br)cc4)nc32)c1.